The lowest BCUT2D eigenvalue weighted by atomic mass is 9.99. The van der Waals surface area contributed by atoms with Crippen molar-refractivity contribution in [3.63, 3.8) is 0 Å². The molecule has 0 bridgehead atoms. The van der Waals surface area contributed by atoms with Crippen LogP contribution in [0.4, 0.5) is 13.2 Å². The molecule has 1 aromatic heterocycles. The number of aliphatic hydroxyl groups excluding tert-OH is 1. The molecule has 0 unspecified atom stereocenters. The zero-order valence-corrected chi connectivity index (χ0v) is 12.9. The van der Waals surface area contributed by atoms with Gasteiger partial charge in [-0.3, -0.25) is 9.78 Å². The van der Waals surface area contributed by atoms with Gasteiger partial charge in [0.2, 0.25) is 0 Å². The van der Waals surface area contributed by atoms with E-state index < -0.39 is 31.2 Å². The molecule has 1 amide bonds. The molecule has 2 atom stereocenters. The number of carbonyl (C=O) groups excluding carboxylic acids is 1. The standard InChI is InChI=1S/C17H17F3N2O2/c1-10-2-3-13(9-21-10)11-4-6-12(7-5-11)15(23)14(8-18)22-17(24)16(19)20/h2-7,9,14-16,23H,8H2,1H3,(H,22,24)/t14-,15-/m1/s1. The van der Waals surface area contributed by atoms with Crippen LogP contribution in [0, 0.1) is 6.92 Å². The number of hydrogen-bond donors (Lipinski definition) is 2. The summed E-state index contributed by atoms with van der Waals surface area (Å²) in [5.41, 5.74) is 2.91. The highest BCUT2D eigenvalue weighted by molar-refractivity contribution is 5.79. The van der Waals surface area contributed by atoms with Crippen molar-refractivity contribution in [2.24, 2.45) is 0 Å². The second-order valence-electron chi connectivity index (χ2n) is 5.33. The Morgan fingerprint density at radius 3 is 2.29 bits per heavy atom. The van der Waals surface area contributed by atoms with Gasteiger partial charge in [0.15, 0.2) is 0 Å². The predicted molar refractivity (Wildman–Crippen MR) is 83.3 cm³/mol. The van der Waals surface area contributed by atoms with Crippen LogP contribution in [0.5, 0.6) is 0 Å². The zero-order chi connectivity index (χ0) is 17.7. The van der Waals surface area contributed by atoms with Gasteiger partial charge in [-0.2, -0.15) is 8.78 Å². The summed E-state index contributed by atoms with van der Waals surface area (Å²) in [6, 6.07) is 8.83. The lowest BCUT2D eigenvalue weighted by molar-refractivity contribution is -0.133. The van der Waals surface area contributed by atoms with Crippen LogP contribution in [0.25, 0.3) is 11.1 Å². The van der Waals surface area contributed by atoms with Gasteiger partial charge in [-0.15, -0.1) is 0 Å². The molecule has 1 heterocycles. The number of nitrogens with one attached hydrogen (secondary N) is 1. The third-order valence-electron chi connectivity index (χ3n) is 3.57. The minimum absolute atomic E-state index is 0.316. The Bertz CT molecular complexity index is 675. The molecule has 4 nitrogen and oxygen atoms in total. The molecule has 2 aromatic rings. The van der Waals surface area contributed by atoms with Gasteiger partial charge in [-0.05, 0) is 24.1 Å². The first-order chi connectivity index (χ1) is 11.4. The normalized spacial score (nSPS) is 13.6. The van der Waals surface area contributed by atoms with E-state index in [1.807, 2.05) is 19.1 Å². The molecule has 0 aliphatic carbocycles. The fraction of sp³-hybridized carbons (Fsp3) is 0.294. The number of halogens is 3. The molecule has 7 heteroatoms. The fourth-order valence-corrected chi connectivity index (χ4v) is 2.19. The summed E-state index contributed by atoms with van der Waals surface area (Å²) in [5, 5.41) is 11.9. The van der Waals surface area contributed by atoms with Crippen molar-refractivity contribution in [1.82, 2.24) is 10.3 Å². The molecule has 1 aromatic carbocycles. The topological polar surface area (TPSA) is 62.2 Å². The quantitative estimate of drug-likeness (QED) is 0.851. The van der Waals surface area contributed by atoms with Gasteiger partial charge < -0.3 is 10.4 Å². The highest BCUT2D eigenvalue weighted by atomic mass is 19.3. The van der Waals surface area contributed by atoms with E-state index in [-0.39, 0.29) is 0 Å². The van der Waals surface area contributed by atoms with Crippen LogP contribution in [0.2, 0.25) is 0 Å². The van der Waals surface area contributed by atoms with E-state index in [1.54, 1.807) is 35.8 Å². The lowest BCUT2D eigenvalue weighted by Gasteiger charge is -2.22. The Balaban J connectivity index is 2.13. The van der Waals surface area contributed by atoms with Gasteiger partial charge in [0.1, 0.15) is 12.8 Å². The maximum Gasteiger partial charge on any atom is 0.315 e. The van der Waals surface area contributed by atoms with Crippen molar-refractivity contribution in [1.29, 1.82) is 0 Å². The number of hydrogen-bond acceptors (Lipinski definition) is 3. The first-order valence-corrected chi connectivity index (χ1v) is 7.28. The molecule has 0 saturated heterocycles. The van der Waals surface area contributed by atoms with Gasteiger partial charge in [-0.1, -0.05) is 30.3 Å². The van der Waals surface area contributed by atoms with Gasteiger partial charge >= 0.3 is 6.43 Å². The van der Waals surface area contributed by atoms with Crippen molar-refractivity contribution in [2.75, 3.05) is 6.67 Å². The van der Waals surface area contributed by atoms with Crippen molar-refractivity contribution in [3.8, 4) is 11.1 Å². The molecule has 128 valence electrons. The molecule has 0 aliphatic heterocycles. The first kappa shape index (κ1) is 17.9. The lowest BCUT2D eigenvalue weighted by Crippen LogP contribution is -2.43. The number of aromatic nitrogens is 1. The van der Waals surface area contributed by atoms with Crippen molar-refractivity contribution < 1.29 is 23.1 Å². The largest absolute Gasteiger partial charge is 0.386 e. The van der Waals surface area contributed by atoms with Crippen LogP contribution in [-0.2, 0) is 4.79 Å². The number of nitrogens with zero attached hydrogens (tertiary/aromatic N) is 1. The van der Waals surface area contributed by atoms with E-state index in [1.165, 1.54) is 0 Å². The Morgan fingerprint density at radius 2 is 1.79 bits per heavy atom. The summed E-state index contributed by atoms with van der Waals surface area (Å²) in [4.78, 5) is 15.2. The SMILES string of the molecule is Cc1ccc(-c2ccc([C@@H](O)[C@@H](CF)NC(=O)C(F)F)cc2)cn1. The Hall–Kier alpha value is -2.41. The maximum absolute atomic E-state index is 13.0. The summed E-state index contributed by atoms with van der Waals surface area (Å²) in [5.74, 6) is -1.61. The number of alkyl halides is 3. The average molecular weight is 338 g/mol. The third kappa shape index (κ3) is 4.32. The van der Waals surface area contributed by atoms with E-state index in [0.29, 0.717) is 5.56 Å². The van der Waals surface area contributed by atoms with Gasteiger partial charge in [0, 0.05) is 17.5 Å². The highest BCUT2D eigenvalue weighted by Gasteiger charge is 2.26. The van der Waals surface area contributed by atoms with E-state index >= 15 is 0 Å². The number of aliphatic hydroxyl groups is 1. The monoisotopic (exact) mass is 338 g/mol. The zero-order valence-electron chi connectivity index (χ0n) is 12.9. The van der Waals surface area contributed by atoms with Crippen LogP contribution in [0.3, 0.4) is 0 Å². The molecule has 0 aliphatic rings. The Labute approximate surface area is 137 Å². The number of rotatable bonds is 6. The molecule has 2 N–H and O–H groups in total. The minimum Gasteiger partial charge on any atom is -0.386 e. The van der Waals surface area contributed by atoms with Gasteiger partial charge in [0.25, 0.3) is 5.91 Å². The van der Waals surface area contributed by atoms with E-state index in [0.717, 1.165) is 16.8 Å². The average Bonchev–Trinajstić information content (AvgIpc) is 2.59. The summed E-state index contributed by atoms with van der Waals surface area (Å²) >= 11 is 0. The van der Waals surface area contributed by atoms with E-state index in [4.69, 9.17) is 0 Å². The van der Waals surface area contributed by atoms with Crippen molar-refractivity contribution in [2.45, 2.75) is 25.5 Å². The smallest absolute Gasteiger partial charge is 0.315 e. The van der Waals surface area contributed by atoms with E-state index in [2.05, 4.69) is 4.98 Å². The van der Waals surface area contributed by atoms with Crippen molar-refractivity contribution >= 4 is 5.91 Å². The highest BCUT2D eigenvalue weighted by Crippen LogP contribution is 2.23. The molecule has 24 heavy (non-hydrogen) atoms. The molecular weight excluding hydrogens is 321 g/mol. The summed E-state index contributed by atoms with van der Waals surface area (Å²) in [7, 11) is 0. The van der Waals surface area contributed by atoms with Crippen molar-refractivity contribution in [3.05, 3.63) is 53.9 Å². The number of amides is 1. The Kier molecular flexibility index (Phi) is 5.92. The second kappa shape index (κ2) is 7.92. The molecule has 2 rings (SSSR count). The molecule has 0 radical (unpaired) electrons. The molecular formula is C17H17F3N2O2. The van der Waals surface area contributed by atoms with Crippen LogP contribution in [-0.4, -0.2) is 35.1 Å². The van der Waals surface area contributed by atoms with Gasteiger partial charge in [-0.25, -0.2) is 4.39 Å². The Morgan fingerprint density at radius 1 is 1.17 bits per heavy atom. The predicted octanol–water partition coefficient (Wildman–Crippen LogP) is 2.81. The third-order valence-corrected chi connectivity index (χ3v) is 3.57. The minimum atomic E-state index is -3.26. The van der Waals surface area contributed by atoms with Crippen LogP contribution in [0.1, 0.15) is 17.4 Å². The molecule has 0 saturated carbocycles. The number of pyridine rings is 1. The van der Waals surface area contributed by atoms with Crippen LogP contribution in [0.15, 0.2) is 42.6 Å². The van der Waals surface area contributed by atoms with Gasteiger partial charge in [0.05, 0.1) is 6.04 Å². The first-order valence-electron chi connectivity index (χ1n) is 7.28. The summed E-state index contributed by atoms with van der Waals surface area (Å²) < 4.78 is 37.4. The number of aryl methyl sites for hydroxylation is 1. The van der Waals surface area contributed by atoms with E-state index in [9.17, 15) is 23.1 Å². The van der Waals surface area contributed by atoms with Crippen LogP contribution < -0.4 is 5.32 Å². The van der Waals surface area contributed by atoms with Crippen LogP contribution >= 0.6 is 0 Å². The maximum atomic E-state index is 13.0. The number of benzene rings is 1. The second-order valence-corrected chi connectivity index (χ2v) is 5.33. The molecule has 0 fully saturated rings. The summed E-state index contributed by atoms with van der Waals surface area (Å²) in [6.07, 6.45) is -2.99. The number of carbonyl (C=O) groups is 1. The fourth-order valence-electron chi connectivity index (χ4n) is 2.19. The summed E-state index contributed by atoms with van der Waals surface area (Å²) in [6.45, 7) is 0.706. The molecule has 0 spiro atoms.